The van der Waals surface area contributed by atoms with E-state index >= 15 is 0 Å². The summed E-state index contributed by atoms with van der Waals surface area (Å²) in [7, 11) is 0. The highest BCUT2D eigenvalue weighted by Crippen LogP contribution is 2.34. The van der Waals surface area contributed by atoms with Crippen molar-refractivity contribution in [1.82, 2.24) is 25.1 Å². The molecule has 3 N–H and O–H groups in total. The van der Waals surface area contributed by atoms with Crippen LogP contribution in [0.5, 0.6) is 0 Å². The van der Waals surface area contributed by atoms with Gasteiger partial charge in [-0.2, -0.15) is 5.10 Å². The number of aromatic amines is 1. The van der Waals surface area contributed by atoms with Gasteiger partial charge in [-0.15, -0.1) is 0 Å². The summed E-state index contributed by atoms with van der Waals surface area (Å²) in [6, 6.07) is 8.25. The van der Waals surface area contributed by atoms with Crippen LogP contribution in [0.25, 0.3) is 27.9 Å². The molecule has 0 aromatic carbocycles. The fourth-order valence-corrected chi connectivity index (χ4v) is 4.24. The van der Waals surface area contributed by atoms with Gasteiger partial charge in [0.1, 0.15) is 5.82 Å². The van der Waals surface area contributed by atoms with Gasteiger partial charge in [0.25, 0.3) is 0 Å². The molecule has 0 bridgehead atoms. The number of nitrogens with zero attached hydrogens (tertiary/aromatic N) is 4. The number of aromatic nitrogens is 5. The van der Waals surface area contributed by atoms with Crippen LogP contribution < -0.4 is 10.6 Å². The van der Waals surface area contributed by atoms with E-state index in [0.717, 1.165) is 51.5 Å². The van der Waals surface area contributed by atoms with Crippen LogP contribution in [0.3, 0.4) is 0 Å². The average Bonchev–Trinajstić information content (AvgIpc) is 3.21. The Morgan fingerprint density at radius 2 is 2.00 bits per heavy atom. The van der Waals surface area contributed by atoms with Crippen molar-refractivity contribution in [1.29, 1.82) is 0 Å². The molecule has 0 saturated heterocycles. The van der Waals surface area contributed by atoms with Crippen LogP contribution in [0.4, 0.5) is 11.5 Å². The molecule has 1 saturated carbocycles. The van der Waals surface area contributed by atoms with Crippen molar-refractivity contribution in [3.63, 3.8) is 0 Å². The molecule has 0 amide bonds. The van der Waals surface area contributed by atoms with Gasteiger partial charge in [0, 0.05) is 40.8 Å². The van der Waals surface area contributed by atoms with Gasteiger partial charge < -0.3 is 10.6 Å². The zero-order valence-electron chi connectivity index (χ0n) is 17.6. The molecule has 0 radical (unpaired) electrons. The van der Waals surface area contributed by atoms with E-state index in [2.05, 4.69) is 66.6 Å². The Balaban J connectivity index is 1.31. The normalized spacial score (nSPS) is 15.4. The van der Waals surface area contributed by atoms with Crippen molar-refractivity contribution in [2.45, 2.75) is 25.7 Å². The van der Waals surface area contributed by atoms with Gasteiger partial charge in [0.2, 0.25) is 0 Å². The summed E-state index contributed by atoms with van der Waals surface area (Å²) in [6.07, 6.45) is 14.0. The van der Waals surface area contributed by atoms with Crippen LogP contribution in [0, 0.1) is 5.92 Å². The van der Waals surface area contributed by atoms with Gasteiger partial charge >= 0.3 is 0 Å². The first-order valence-electron chi connectivity index (χ1n) is 10.9. The molecule has 4 aromatic heterocycles. The zero-order chi connectivity index (χ0) is 21.5. The second kappa shape index (κ2) is 7.60. The van der Waals surface area contributed by atoms with Crippen LogP contribution in [0.15, 0.2) is 67.4 Å². The number of allylic oxidation sites excluding steroid dienone is 2. The van der Waals surface area contributed by atoms with Crippen molar-refractivity contribution in [2.24, 2.45) is 5.92 Å². The van der Waals surface area contributed by atoms with Crippen molar-refractivity contribution < 1.29 is 0 Å². The molecule has 4 aromatic rings. The number of nitrogens with one attached hydrogen (secondary N) is 3. The van der Waals surface area contributed by atoms with Crippen molar-refractivity contribution >= 4 is 28.2 Å². The minimum absolute atomic E-state index is 0.570. The fourth-order valence-electron chi connectivity index (χ4n) is 4.24. The lowest BCUT2D eigenvalue weighted by molar-refractivity contribution is 0.371. The molecule has 2 aliphatic rings. The molecule has 0 spiro atoms. The first kappa shape index (κ1) is 18.7. The largest absolute Gasteiger partial charge is 0.358 e. The van der Waals surface area contributed by atoms with Gasteiger partial charge in [-0.3, -0.25) is 10.1 Å². The van der Waals surface area contributed by atoms with Crippen LogP contribution in [0.2, 0.25) is 0 Å². The minimum Gasteiger partial charge on any atom is -0.358 e. The molecule has 32 heavy (non-hydrogen) atoms. The van der Waals surface area contributed by atoms with E-state index in [0.29, 0.717) is 11.6 Å². The molecule has 7 heteroatoms. The lowest BCUT2D eigenvalue weighted by Gasteiger charge is -2.28. The van der Waals surface area contributed by atoms with Crippen molar-refractivity contribution in [3.05, 3.63) is 78.7 Å². The molecular formula is C25H23N7. The number of hydrogen-bond donors (Lipinski definition) is 3. The van der Waals surface area contributed by atoms with Gasteiger partial charge in [-0.25, -0.2) is 9.97 Å². The highest BCUT2D eigenvalue weighted by Gasteiger charge is 2.21. The van der Waals surface area contributed by atoms with E-state index < -0.39 is 0 Å². The zero-order valence-corrected chi connectivity index (χ0v) is 17.6. The third-order valence-electron chi connectivity index (χ3n) is 6.32. The highest BCUT2D eigenvalue weighted by molar-refractivity contribution is 5.94. The molecule has 1 fully saturated rings. The lowest BCUT2D eigenvalue weighted by Crippen LogP contribution is -2.18. The van der Waals surface area contributed by atoms with Crippen LogP contribution in [-0.2, 0) is 6.42 Å². The fraction of sp³-hybridized carbons (Fsp3) is 0.200. The van der Waals surface area contributed by atoms with E-state index in [1.54, 1.807) is 6.20 Å². The van der Waals surface area contributed by atoms with Crippen LogP contribution in [-0.4, -0.2) is 25.1 Å². The Bertz CT molecular complexity index is 1360. The molecule has 1 aliphatic heterocycles. The Kier molecular flexibility index (Phi) is 4.45. The SMILES string of the molecule is C=C(Nc1cncc(-c2cnc3n[nH]c(C4=CCc5cccnc5N4)c3c2)c1)C1CCC1. The number of hydrogen-bond acceptors (Lipinski definition) is 6. The Morgan fingerprint density at radius 1 is 1.09 bits per heavy atom. The quantitative estimate of drug-likeness (QED) is 0.413. The van der Waals surface area contributed by atoms with Gasteiger partial charge in [0.15, 0.2) is 5.65 Å². The summed E-state index contributed by atoms with van der Waals surface area (Å²) in [6.45, 7) is 4.21. The van der Waals surface area contributed by atoms with E-state index in [-0.39, 0.29) is 0 Å². The van der Waals surface area contributed by atoms with E-state index in [1.165, 1.54) is 24.8 Å². The van der Waals surface area contributed by atoms with E-state index in [1.807, 2.05) is 24.7 Å². The topological polar surface area (TPSA) is 91.4 Å². The number of fused-ring (bicyclic) bond motifs is 2. The summed E-state index contributed by atoms with van der Waals surface area (Å²) in [5, 5.41) is 15.4. The summed E-state index contributed by atoms with van der Waals surface area (Å²) < 4.78 is 0. The second-order valence-corrected chi connectivity index (χ2v) is 8.39. The first-order chi connectivity index (χ1) is 15.7. The molecule has 0 unspecified atom stereocenters. The Morgan fingerprint density at radius 3 is 2.88 bits per heavy atom. The summed E-state index contributed by atoms with van der Waals surface area (Å²) >= 11 is 0. The Hall–Kier alpha value is -4.00. The number of H-pyrrole nitrogens is 1. The third kappa shape index (κ3) is 3.32. The molecular weight excluding hydrogens is 398 g/mol. The van der Waals surface area contributed by atoms with Crippen LogP contribution >= 0.6 is 0 Å². The standard InChI is InChI=1S/C25H23N7/c1-15(16-4-2-5-16)29-20-10-18(12-26-14-20)19-11-21-23(31-32-25(21)28-13-19)22-8-7-17-6-3-9-27-24(17)30-22/h3,6,8-14,16,29H,1-2,4-5,7H2,(H,27,30)(H,28,31,32). The number of pyridine rings is 3. The third-order valence-corrected chi connectivity index (χ3v) is 6.32. The lowest BCUT2D eigenvalue weighted by atomic mass is 9.83. The summed E-state index contributed by atoms with van der Waals surface area (Å²) in [5.41, 5.74) is 7.73. The molecule has 5 heterocycles. The number of rotatable bonds is 5. The molecule has 6 rings (SSSR count). The molecule has 7 nitrogen and oxygen atoms in total. The molecule has 158 valence electrons. The number of anilines is 2. The maximum Gasteiger partial charge on any atom is 0.181 e. The maximum absolute atomic E-state index is 4.58. The van der Waals surface area contributed by atoms with Gasteiger partial charge in [-0.05, 0) is 48.9 Å². The van der Waals surface area contributed by atoms with Crippen molar-refractivity contribution in [2.75, 3.05) is 10.6 Å². The van der Waals surface area contributed by atoms with Gasteiger partial charge in [0.05, 0.1) is 23.3 Å². The molecule has 0 atom stereocenters. The summed E-state index contributed by atoms with van der Waals surface area (Å²) in [5.74, 6) is 1.45. The van der Waals surface area contributed by atoms with Crippen LogP contribution in [0.1, 0.15) is 30.5 Å². The highest BCUT2D eigenvalue weighted by atomic mass is 15.2. The minimum atomic E-state index is 0.570. The maximum atomic E-state index is 4.58. The Labute approximate surface area is 185 Å². The van der Waals surface area contributed by atoms with E-state index in [9.17, 15) is 0 Å². The second-order valence-electron chi connectivity index (χ2n) is 8.39. The average molecular weight is 422 g/mol. The predicted octanol–water partition coefficient (Wildman–Crippen LogP) is 5.15. The first-order valence-corrected chi connectivity index (χ1v) is 10.9. The van der Waals surface area contributed by atoms with E-state index in [4.69, 9.17) is 0 Å². The molecule has 1 aliphatic carbocycles. The predicted molar refractivity (Wildman–Crippen MR) is 127 cm³/mol. The van der Waals surface area contributed by atoms with Crippen molar-refractivity contribution in [3.8, 4) is 11.1 Å². The smallest absolute Gasteiger partial charge is 0.181 e. The monoisotopic (exact) mass is 421 g/mol. The van der Waals surface area contributed by atoms with Gasteiger partial charge in [-0.1, -0.05) is 25.1 Å². The summed E-state index contributed by atoms with van der Waals surface area (Å²) in [4.78, 5) is 13.5.